The smallest absolute Gasteiger partial charge is 0.264 e. The lowest BCUT2D eigenvalue weighted by atomic mass is 10.1. The fourth-order valence-electron chi connectivity index (χ4n) is 2.44. The van der Waals surface area contributed by atoms with Crippen molar-refractivity contribution < 1.29 is 9.53 Å². The molecule has 0 bridgehead atoms. The number of nitrogens with one attached hydrogen (secondary N) is 1. The highest BCUT2D eigenvalue weighted by Crippen LogP contribution is 2.34. The van der Waals surface area contributed by atoms with Gasteiger partial charge in [0.15, 0.2) is 0 Å². The maximum absolute atomic E-state index is 12.7. The lowest BCUT2D eigenvalue weighted by molar-refractivity contribution is 0.0759. The van der Waals surface area contributed by atoms with E-state index in [4.69, 9.17) is 4.74 Å². The summed E-state index contributed by atoms with van der Waals surface area (Å²) in [6.45, 7) is 8.68. The predicted octanol–water partition coefficient (Wildman–Crippen LogP) is 3.32. The molecule has 0 aromatic carbocycles. The summed E-state index contributed by atoms with van der Waals surface area (Å²) in [5.41, 5.74) is 0.933. The normalized spacial score (nSPS) is 12.6. The first-order valence-electron chi connectivity index (χ1n) is 8.17. The van der Waals surface area contributed by atoms with Crippen LogP contribution in [0.4, 0.5) is 5.82 Å². The number of thiophene rings is 1. The van der Waals surface area contributed by atoms with Crippen molar-refractivity contribution >= 4 is 33.3 Å². The summed E-state index contributed by atoms with van der Waals surface area (Å²) in [6, 6.07) is 0.321. The van der Waals surface area contributed by atoms with Gasteiger partial charge in [-0.1, -0.05) is 6.92 Å². The van der Waals surface area contributed by atoms with Gasteiger partial charge in [0.1, 0.15) is 17.0 Å². The molecule has 1 amide bonds. The van der Waals surface area contributed by atoms with Gasteiger partial charge < -0.3 is 15.0 Å². The van der Waals surface area contributed by atoms with E-state index >= 15 is 0 Å². The van der Waals surface area contributed by atoms with Crippen LogP contribution in [0.1, 0.15) is 42.4 Å². The molecular formula is C17H26N4O2S. The van der Waals surface area contributed by atoms with E-state index in [-0.39, 0.29) is 18.0 Å². The van der Waals surface area contributed by atoms with E-state index in [1.807, 2.05) is 27.8 Å². The molecule has 1 atom stereocenters. The Morgan fingerprint density at radius 2 is 2.12 bits per heavy atom. The van der Waals surface area contributed by atoms with Gasteiger partial charge in [-0.05, 0) is 32.8 Å². The Morgan fingerprint density at radius 1 is 1.42 bits per heavy atom. The van der Waals surface area contributed by atoms with Crippen LogP contribution in [0.25, 0.3) is 10.2 Å². The number of ether oxygens (including phenoxy) is 1. The van der Waals surface area contributed by atoms with E-state index in [1.54, 1.807) is 18.3 Å². The van der Waals surface area contributed by atoms with Crippen molar-refractivity contribution in [2.75, 3.05) is 26.1 Å². The summed E-state index contributed by atoms with van der Waals surface area (Å²) in [6.07, 6.45) is 2.46. The Balaban J connectivity index is 2.44. The van der Waals surface area contributed by atoms with Crippen molar-refractivity contribution in [1.82, 2.24) is 14.9 Å². The third kappa shape index (κ3) is 3.67. The van der Waals surface area contributed by atoms with Crippen LogP contribution in [-0.4, -0.2) is 53.6 Å². The summed E-state index contributed by atoms with van der Waals surface area (Å²) < 4.78 is 5.25. The first-order valence-corrected chi connectivity index (χ1v) is 8.99. The minimum atomic E-state index is 0.0281. The number of carbonyl (C=O) groups is 1. The Morgan fingerprint density at radius 3 is 2.71 bits per heavy atom. The van der Waals surface area contributed by atoms with Gasteiger partial charge in [0.05, 0.1) is 22.9 Å². The number of hydrogen-bond acceptors (Lipinski definition) is 6. The molecule has 0 aliphatic rings. The van der Waals surface area contributed by atoms with Gasteiger partial charge in [-0.25, -0.2) is 9.97 Å². The molecule has 2 aromatic rings. The average molecular weight is 350 g/mol. The molecule has 0 saturated carbocycles. The van der Waals surface area contributed by atoms with Gasteiger partial charge in [0.25, 0.3) is 5.91 Å². The maximum Gasteiger partial charge on any atom is 0.264 e. The van der Waals surface area contributed by atoms with Crippen LogP contribution >= 0.6 is 11.3 Å². The first-order chi connectivity index (χ1) is 11.4. The molecule has 0 aliphatic carbocycles. The summed E-state index contributed by atoms with van der Waals surface area (Å²) in [4.78, 5) is 24.8. The Kier molecular flexibility index (Phi) is 6.12. The van der Waals surface area contributed by atoms with E-state index < -0.39 is 0 Å². The van der Waals surface area contributed by atoms with Crippen LogP contribution < -0.4 is 5.32 Å². The van der Waals surface area contributed by atoms with Crippen LogP contribution in [0.3, 0.4) is 0 Å². The Labute approximate surface area is 147 Å². The van der Waals surface area contributed by atoms with Crippen LogP contribution in [0.15, 0.2) is 6.33 Å². The van der Waals surface area contributed by atoms with Crippen LogP contribution in [0, 0.1) is 6.92 Å². The molecule has 0 saturated heterocycles. The summed E-state index contributed by atoms with van der Waals surface area (Å²) in [5.74, 6) is 0.796. The molecule has 2 aromatic heterocycles. The molecule has 6 nitrogen and oxygen atoms in total. The van der Waals surface area contributed by atoms with Crippen molar-refractivity contribution in [3.05, 3.63) is 16.8 Å². The Hall–Kier alpha value is -1.73. The molecular weight excluding hydrogens is 324 g/mol. The van der Waals surface area contributed by atoms with Crippen molar-refractivity contribution in [2.24, 2.45) is 0 Å². The molecule has 1 N–H and O–H groups in total. The molecule has 7 heteroatoms. The fourth-order valence-corrected chi connectivity index (χ4v) is 3.57. The lowest BCUT2D eigenvalue weighted by Crippen LogP contribution is -2.32. The lowest BCUT2D eigenvalue weighted by Gasteiger charge is -2.21. The van der Waals surface area contributed by atoms with Gasteiger partial charge >= 0.3 is 0 Å². The van der Waals surface area contributed by atoms with Crippen molar-refractivity contribution in [3.63, 3.8) is 0 Å². The van der Waals surface area contributed by atoms with Crippen LogP contribution in [0.2, 0.25) is 0 Å². The Bertz CT molecular complexity index is 714. The number of amides is 1. The molecule has 0 unspecified atom stereocenters. The monoisotopic (exact) mass is 350 g/mol. The molecule has 0 fully saturated rings. The maximum atomic E-state index is 12.7. The number of carbonyl (C=O) groups excluding carboxylic acids is 1. The number of methoxy groups -OCH3 is 1. The second kappa shape index (κ2) is 7.90. The number of aryl methyl sites for hydroxylation is 1. The van der Waals surface area contributed by atoms with Crippen LogP contribution in [-0.2, 0) is 4.74 Å². The molecule has 0 aliphatic heterocycles. The first kappa shape index (κ1) is 18.6. The number of nitrogens with zero attached hydrogens (tertiary/aromatic N) is 3. The molecule has 2 rings (SSSR count). The van der Waals surface area contributed by atoms with Gasteiger partial charge in [0, 0.05) is 20.2 Å². The fraction of sp³-hybridized carbons (Fsp3) is 0.588. The third-order valence-corrected chi connectivity index (χ3v) is 5.41. The van der Waals surface area contributed by atoms with E-state index in [1.165, 1.54) is 11.3 Å². The van der Waals surface area contributed by atoms with Crippen LogP contribution in [0.5, 0.6) is 0 Å². The number of hydrogen-bond donors (Lipinski definition) is 1. The quantitative estimate of drug-likeness (QED) is 0.830. The zero-order valence-corrected chi connectivity index (χ0v) is 16.0. The van der Waals surface area contributed by atoms with E-state index in [9.17, 15) is 4.79 Å². The SMILES string of the molecule is CC[C@H](COC)Nc1ncnc2sc(C(=O)N(C)C(C)C)c(C)c12. The summed E-state index contributed by atoms with van der Waals surface area (Å²) in [7, 11) is 3.52. The molecule has 0 spiro atoms. The van der Waals surface area contributed by atoms with Gasteiger partial charge in [-0.3, -0.25) is 4.79 Å². The minimum Gasteiger partial charge on any atom is -0.383 e. The van der Waals surface area contributed by atoms with E-state index in [2.05, 4.69) is 22.2 Å². The largest absolute Gasteiger partial charge is 0.383 e. The predicted molar refractivity (Wildman–Crippen MR) is 99.0 cm³/mol. The number of aromatic nitrogens is 2. The highest BCUT2D eigenvalue weighted by molar-refractivity contribution is 7.20. The van der Waals surface area contributed by atoms with Crippen molar-refractivity contribution in [2.45, 2.75) is 46.2 Å². The zero-order chi connectivity index (χ0) is 17.9. The van der Waals surface area contributed by atoms with Gasteiger partial charge in [-0.2, -0.15) is 0 Å². The number of fused-ring (bicyclic) bond motifs is 1. The van der Waals surface area contributed by atoms with E-state index in [0.29, 0.717) is 6.61 Å². The summed E-state index contributed by atoms with van der Waals surface area (Å²) >= 11 is 1.43. The van der Waals surface area contributed by atoms with Gasteiger partial charge in [-0.15, -0.1) is 11.3 Å². The molecule has 2 heterocycles. The highest BCUT2D eigenvalue weighted by atomic mass is 32.1. The van der Waals surface area contributed by atoms with Gasteiger partial charge in [0.2, 0.25) is 0 Å². The zero-order valence-electron chi connectivity index (χ0n) is 15.2. The average Bonchev–Trinajstić information content (AvgIpc) is 2.90. The highest BCUT2D eigenvalue weighted by Gasteiger charge is 2.23. The standard InChI is InChI=1S/C17H26N4O2S/c1-7-12(8-23-6)20-15-13-11(4)14(17(22)21(5)10(2)3)24-16(13)19-9-18-15/h9-10,12H,7-8H2,1-6H3,(H,18,19,20)/t12-/m1/s1. The molecule has 0 radical (unpaired) electrons. The number of anilines is 1. The third-order valence-electron chi connectivity index (χ3n) is 4.22. The second-order valence-corrected chi connectivity index (χ2v) is 7.17. The molecule has 132 valence electrons. The second-order valence-electron chi connectivity index (χ2n) is 6.17. The number of rotatable bonds is 7. The summed E-state index contributed by atoms with van der Waals surface area (Å²) in [5, 5.41) is 4.35. The van der Waals surface area contributed by atoms with E-state index in [0.717, 1.165) is 32.9 Å². The van der Waals surface area contributed by atoms with Crippen molar-refractivity contribution in [3.8, 4) is 0 Å². The minimum absolute atomic E-state index is 0.0281. The molecule has 24 heavy (non-hydrogen) atoms. The van der Waals surface area contributed by atoms with Crippen molar-refractivity contribution in [1.29, 1.82) is 0 Å². The topological polar surface area (TPSA) is 67.3 Å².